The van der Waals surface area contributed by atoms with Crippen LogP contribution in [0.3, 0.4) is 0 Å². The average molecular weight is 581 g/mol. The van der Waals surface area contributed by atoms with E-state index in [0.717, 1.165) is 5.56 Å². The second kappa shape index (κ2) is 12.7. The maximum Gasteiger partial charge on any atom is 0.307 e. The summed E-state index contributed by atoms with van der Waals surface area (Å²) < 4.78 is 21.6. The Hall–Kier alpha value is -4.58. The number of H-pyrrole nitrogens is 1. The van der Waals surface area contributed by atoms with Crippen molar-refractivity contribution in [1.29, 1.82) is 0 Å². The first-order chi connectivity index (χ1) is 19.4. The quantitative estimate of drug-likeness (QED) is 0.153. The van der Waals surface area contributed by atoms with Crippen molar-refractivity contribution in [2.75, 3.05) is 5.32 Å². The number of carbonyl (C=O) groups excluding carboxylic acids is 2. The SMILES string of the molecule is Cn1nccc1Nc1nccc(-c2cc(F)[nH]/c(=N\NC(=O)C(CC(=O)OC(C)(C)C)Cc3ccc(Cl)cc3)c2)n1. The van der Waals surface area contributed by atoms with E-state index in [1.165, 1.54) is 18.3 Å². The molecule has 1 aromatic carbocycles. The highest BCUT2D eigenvalue weighted by Crippen LogP contribution is 2.20. The van der Waals surface area contributed by atoms with E-state index in [1.54, 1.807) is 75.1 Å². The van der Waals surface area contributed by atoms with E-state index in [0.29, 0.717) is 28.0 Å². The van der Waals surface area contributed by atoms with E-state index in [4.69, 9.17) is 16.3 Å². The molecule has 3 N–H and O–H groups in total. The van der Waals surface area contributed by atoms with Crippen molar-refractivity contribution in [2.24, 2.45) is 18.1 Å². The highest BCUT2D eigenvalue weighted by molar-refractivity contribution is 6.30. The zero-order valence-corrected chi connectivity index (χ0v) is 23.7. The zero-order chi connectivity index (χ0) is 29.6. The Morgan fingerprint density at radius 2 is 1.90 bits per heavy atom. The van der Waals surface area contributed by atoms with Gasteiger partial charge in [-0.1, -0.05) is 23.7 Å². The van der Waals surface area contributed by atoms with Crippen LogP contribution in [-0.2, 0) is 27.8 Å². The maximum atomic E-state index is 14.5. The molecular formula is C28H30ClFN8O3. The highest BCUT2D eigenvalue weighted by Gasteiger charge is 2.26. The Kier molecular flexibility index (Phi) is 9.13. The number of rotatable bonds is 9. The first kappa shape index (κ1) is 29.4. The van der Waals surface area contributed by atoms with E-state index in [1.807, 2.05) is 0 Å². The van der Waals surface area contributed by atoms with Crippen LogP contribution in [0.15, 0.2) is 66.0 Å². The van der Waals surface area contributed by atoms with Crippen molar-refractivity contribution >= 4 is 35.2 Å². The largest absolute Gasteiger partial charge is 0.460 e. The number of esters is 1. The standard InChI is InChI=1S/C28H30ClFN8O3/c1-28(2,3)41-25(39)16-19(13-17-5-7-20(29)8-6-17)26(40)37-36-23-15-18(14-22(30)34-23)21-9-11-31-27(33-21)35-24-10-12-32-38(24)4/h5-12,14-15,19H,13,16H2,1-4H3,(H,34,36)(H,37,40)(H,31,33,35). The summed E-state index contributed by atoms with van der Waals surface area (Å²) >= 11 is 5.98. The molecule has 0 saturated carbocycles. The molecule has 0 bridgehead atoms. The third-order valence-corrected chi connectivity index (χ3v) is 5.97. The van der Waals surface area contributed by atoms with E-state index >= 15 is 0 Å². The van der Waals surface area contributed by atoms with Gasteiger partial charge in [-0.2, -0.15) is 14.6 Å². The van der Waals surface area contributed by atoms with Gasteiger partial charge in [0.05, 0.1) is 24.2 Å². The monoisotopic (exact) mass is 580 g/mol. The minimum atomic E-state index is -0.801. The van der Waals surface area contributed by atoms with Crippen LogP contribution < -0.4 is 16.2 Å². The first-order valence-corrected chi connectivity index (χ1v) is 13.1. The predicted octanol–water partition coefficient (Wildman–Crippen LogP) is 4.26. The molecule has 4 aromatic rings. The van der Waals surface area contributed by atoms with Gasteiger partial charge in [-0.05, 0) is 57.0 Å². The molecule has 1 unspecified atom stereocenters. The summed E-state index contributed by atoms with van der Waals surface area (Å²) in [4.78, 5) is 36.8. The number of halogens is 2. The molecule has 13 heteroatoms. The molecule has 0 fully saturated rings. The lowest BCUT2D eigenvalue weighted by Gasteiger charge is -2.21. The van der Waals surface area contributed by atoms with Crippen LogP contribution in [0.1, 0.15) is 32.8 Å². The Morgan fingerprint density at radius 1 is 1.15 bits per heavy atom. The Balaban J connectivity index is 1.54. The van der Waals surface area contributed by atoms with Gasteiger partial charge in [0.25, 0.3) is 0 Å². The number of benzene rings is 1. The van der Waals surface area contributed by atoms with Crippen molar-refractivity contribution in [1.82, 2.24) is 30.2 Å². The molecule has 214 valence electrons. The Morgan fingerprint density at radius 3 is 2.59 bits per heavy atom. The number of aromatic amines is 1. The van der Waals surface area contributed by atoms with Crippen molar-refractivity contribution in [3.05, 3.63) is 82.9 Å². The maximum absolute atomic E-state index is 14.5. The van der Waals surface area contributed by atoms with Crippen molar-refractivity contribution in [3.63, 3.8) is 0 Å². The molecule has 0 aliphatic rings. The van der Waals surface area contributed by atoms with Gasteiger partial charge in [0.2, 0.25) is 11.9 Å². The Bertz CT molecular complexity index is 1590. The second-order valence-electron chi connectivity index (χ2n) is 10.2. The molecule has 11 nitrogen and oxygen atoms in total. The minimum absolute atomic E-state index is 0.0376. The van der Waals surface area contributed by atoms with Gasteiger partial charge in [0, 0.05) is 36.0 Å². The third kappa shape index (κ3) is 8.70. The lowest BCUT2D eigenvalue weighted by molar-refractivity contribution is -0.157. The normalized spacial score (nSPS) is 12.6. The van der Waals surface area contributed by atoms with Crippen LogP contribution in [0.2, 0.25) is 5.02 Å². The number of amides is 1. The first-order valence-electron chi connectivity index (χ1n) is 12.7. The molecular weight excluding hydrogens is 551 g/mol. The molecule has 1 atom stereocenters. The Labute approximate surface area is 240 Å². The van der Waals surface area contributed by atoms with Gasteiger partial charge in [0.1, 0.15) is 11.4 Å². The number of aromatic nitrogens is 5. The molecule has 4 rings (SSSR count). The van der Waals surface area contributed by atoms with E-state index in [-0.39, 0.29) is 18.3 Å². The average Bonchev–Trinajstić information content (AvgIpc) is 3.31. The number of ether oxygens (including phenoxy) is 1. The number of nitrogens with zero attached hydrogens (tertiary/aromatic N) is 5. The van der Waals surface area contributed by atoms with Gasteiger partial charge in [-0.25, -0.2) is 15.4 Å². The van der Waals surface area contributed by atoms with Crippen LogP contribution in [0, 0.1) is 11.9 Å². The fourth-order valence-electron chi connectivity index (χ4n) is 3.87. The molecule has 0 aliphatic carbocycles. The van der Waals surface area contributed by atoms with Gasteiger partial charge in [0.15, 0.2) is 11.4 Å². The number of anilines is 2. The van der Waals surface area contributed by atoms with Gasteiger partial charge >= 0.3 is 5.97 Å². The molecule has 1 amide bonds. The van der Waals surface area contributed by atoms with Crippen molar-refractivity contribution < 1.29 is 18.7 Å². The van der Waals surface area contributed by atoms with Crippen LogP contribution in [0.4, 0.5) is 16.2 Å². The van der Waals surface area contributed by atoms with Crippen LogP contribution in [0.5, 0.6) is 0 Å². The van der Waals surface area contributed by atoms with Crippen molar-refractivity contribution in [3.8, 4) is 11.3 Å². The lowest BCUT2D eigenvalue weighted by atomic mass is 9.95. The number of hydrogen-bond donors (Lipinski definition) is 3. The van der Waals surface area contributed by atoms with Gasteiger partial charge < -0.3 is 15.0 Å². The predicted molar refractivity (Wildman–Crippen MR) is 151 cm³/mol. The molecule has 0 radical (unpaired) electrons. The summed E-state index contributed by atoms with van der Waals surface area (Å²) in [7, 11) is 1.77. The number of aryl methyl sites for hydroxylation is 1. The molecule has 0 spiro atoms. The van der Waals surface area contributed by atoms with E-state index in [9.17, 15) is 14.0 Å². The summed E-state index contributed by atoms with van der Waals surface area (Å²) in [6, 6.07) is 13.1. The minimum Gasteiger partial charge on any atom is -0.460 e. The third-order valence-electron chi connectivity index (χ3n) is 5.72. The zero-order valence-electron chi connectivity index (χ0n) is 23.0. The lowest BCUT2D eigenvalue weighted by Crippen LogP contribution is -2.34. The smallest absolute Gasteiger partial charge is 0.307 e. The van der Waals surface area contributed by atoms with Gasteiger partial charge in [-0.15, -0.1) is 0 Å². The fraction of sp³-hybridized carbons (Fsp3) is 0.286. The summed E-state index contributed by atoms with van der Waals surface area (Å²) in [5.41, 5.74) is 3.41. The number of hydrogen-bond acceptors (Lipinski definition) is 8. The highest BCUT2D eigenvalue weighted by atomic mass is 35.5. The molecule has 0 aliphatic heterocycles. The van der Waals surface area contributed by atoms with Crippen LogP contribution in [0.25, 0.3) is 11.3 Å². The molecule has 0 saturated heterocycles. The summed E-state index contributed by atoms with van der Waals surface area (Å²) in [5.74, 6) is -1.58. The topological polar surface area (TPSA) is 139 Å². The second-order valence-corrected chi connectivity index (χ2v) is 10.7. The van der Waals surface area contributed by atoms with Gasteiger partial charge in [-0.3, -0.25) is 14.3 Å². The summed E-state index contributed by atoms with van der Waals surface area (Å²) in [6.07, 6.45) is 3.23. The summed E-state index contributed by atoms with van der Waals surface area (Å²) in [6.45, 7) is 5.25. The number of carbonyl (C=O) groups is 2. The molecule has 41 heavy (non-hydrogen) atoms. The van der Waals surface area contributed by atoms with E-state index in [2.05, 4.69) is 35.9 Å². The van der Waals surface area contributed by atoms with E-state index < -0.39 is 29.3 Å². The molecule has 3 heterocycles. The van der Waals surface area contributed by atoms with Crippen LogP contribution >= 0.6 is 11.6 Å². The summed E-state index contributed by atoms with van der Waals surface area (Å²) in [5, 5.41) is 11.8. The fourth-order valence-corrected chi connectivity index (χ4v) is 4.00. The molecule has 3 aromatic heterocycles. The number of pyridine rings is 1. The van der Waals surface area contributed by atoms with Crippen molar-refractivity contribution in [2.45, 2.75) is 39.2 Å². The van der Waals surface area contributed by atoms with Crippen LogP contribution in [-0.4, -0.2) is 42.2 Å². The number of nitrogens with one attached hydrogen (secondary N) is 3.